The molecule has 156 valence electrons. The van der Waals surface area contributed by atoms with E-state index in [1.165, 1.54) is 5.56 Å². The van der Waals surface area contributed by atoms with Crippen molar-refractivity contribution in [3.05, 3.63) is 81.1 Å². The zero-order valence-electron chi connectivity index (χ0n) is 17.7. The minimum absolute atomic E-state index is 0.160. The lowest BCUT2D eigenvalue weighted by atomic mass is 10.1. The molecule has 0 fully saturated rings. The van der Waals surface area contributed by atoms with Crippen molar-refractivity contribution >= 4 is 28.1 Å². The SMILES string of the molecule is CCOc1ccc(CC(=O)N/N=C/c2cc(C)n(-c3ccc(C)c(Br)c3)c2C)cc1. The molecule has 2 aromatic carbocycles. The van der Waals surface area contributed by atoms with Gasteiger partial charge < -0.3 is 9.30 Å². The molecule has 0 aliphatic rings. The summed E-state index contributed by atoms with van der Waals surface area (Å²) in [5.41, 5.74) is 8.93. The minimum atomic E-state index is -0.160. The fourth-order valence-corrected chi connectivity index (χ4v) is 3.67. The van der Waals surface area contributed by atoms with Crippen molar-refractivity contribution in [2.45, 2.75) is 34.1 Å². The number of aryl methyl sites for hydroxylation is 2. The summed E-state index contributed by atoms with van der Waals surface area (Å²) in [6.07, 6.45) is 1.96. The second kappa shape index (κ2) is 9.76. The van der Waals surface area contributed by atoms with Crippen molar-refractivity contribution in [2.24, 2.45) is 5.10 Å². The van der Waals surface area contributed by atoms with Gasteiger partial charge in [0.05, 0.1) is 19.2 Å². The third-order valence-corrected chi connectivity index (χ3v) is 5.73. The quantitative estimate of drug-likeness (QED) is 0.380. The van der Waals surface area contributed by atoms with Gasteiger partial charge in [-0.05, 0) is 69.2 Å². The highest BCUT2D eigenvalue weighted by molar-refractivity contribution is 9.10. The molecule has 0 spiro atoms. The Balaban J connectivity index is 1.66. The van der Waals surface area contributed by atoms with Crippen LogP contribution in [0.2, 0.25) is 0 Å². The number of nitrogens with zero attached hydrogens (tertiary/aromatic N) is 2. The van der Waals surface area contributed by atoms with E-state index in [1.807, 2.05) is 38.1 Å². The van der Waals surface area contributed by atoms with Gasteiger partial charge in [-0.2, -0.15) is 5.10 Å². The summed E-state index contributed by atoms with van der Waals surface area (Å²) in [6, 6.07) is 15.9. The highest BCUT2D eigenvalue weighted by atomic mass is 79.9. The Morgan fingerprint density at radius 3 is 2.53 bits per heavy atom. The van der Waals surface area contributed by atoms with Crippen LogP contribution in [0.4, 0.5) is 0 Å². The molecule has 1 aromatic heterocycles. The lowest BCUT2D eigenvalue weighted by Gasteiger charge is -2.11. The average molecular weight is 468 g/mol. The first kappa shape index (κ1) is 21.8. The fraction of sp³-hybridized carbons (Fsp3) is 0.250. The first-order valence-electron chi connectivity index (χ1n) is 9.88. The molecule has 1 heterocycles. The Kier molecular flexibility index (Phi) is 7.11. The average Bonchev–Trinajstić information content (AvgIpc) is 2.99. The van der Waals surface area contributed by atoms with E-state index in [0.29, 0.717) is 6.61 Å². The van der Waals surface area contributed by atoms with E-state index in [0.717, 1.165) is 38.4 Å². The Morgan fingerprint density at radius 1 is 1.13 bits per heavy atom. The van der Waals surface area contributed by atoms with Gasteiger partial charge in [0.2, 0.25) is 5.91 Å². The van der Waals surface area contributed by atoms with Crippen LogP contribution in [0.3, 0.4) is 0 Å². The molecule has 0 aliphatic heterocycles. The number of hydrogen-bond donors (Lipinski definition) is 1. The number of benzene rings is 2. The number of aromatic nitrogens is 1. The van der Waals surface area contributed by atoms with E-state index in [-0.39, 0.29) is 12.3 Å². The van der Waals surface area contributed by atoms with Gasteiger partial charge >= 0.3 is 0 Å². The smallest absolute Gasteiger partial charge is 0.244 e. The summed E-state index contributed by atoms with van der Waals surface area (Å²) in [5, 5.41) is 4.15. The van der Waals surface area contributed by atoms with E-state index >= 15 is 0 Å². The van der Waals surface area contributed by atoms with Crippen LogP contribution in [0.15, 0.2) is 58.1 Å². The van der Waals surface area contributed by atoms with E-state index < -0.39 is 0 Å². The molecule has 0 bridgehead atoms. The van der Waals surface area contributed by atoms with Crippen LogP contribution in [0, 0.1) is 20.8 Å². The summed E-state index contributed by atoms with van der Waals surface area (Å²) >= 11 is 3.60. The number of hydrazone groups is 1. The predicted octanol–water partition coefficient (Wildman–Crippen LogP) is 5.26. The Labute approximate surface area is 185 Å². The van der Waals surface area contributed by atoms with E-state index in [9.17, 15) is 4.79 Å². The predicted molar refractivity (Wildman–Crippen MR) is 125 cm³/mol. The van der Waals surface area contributed by atoms with Crippen molar-refractivity contribution in [1.29, 1.82) is 0 Å². The largest absolute Gasteiger partial charge is 0.494 e. The van der Waals surface area contributed by atoms with E-state index in [4.69, 9.17) is 4.74 Å². The van der Waals surface area contributed by atoms with E-state index in [2.05, 4.69) is 69.1 Å². The van der Waals surface area contributed by atoms with Gasteiger partial charge in [0.25, 0.3) is 0 Å². The number of carbonyl (C=O) groups is 1. The number of halogens is 1. The van der Waals surface area contributed by atoms with Crippen LogP contribution < -0.4 is 10.2 Å². The molecule has 0 aliphatic carbocycles. The zero-order chi connectivity index (χ0) is 21.7. The van der Waals surface area contributed by atoms with E-state index in [1.54, 1.807) is 6.21 Å². The second-order valence-corrected chi connectivity index (χ2v) is 8.00. The van der Waals surface area contributed by atoms with Gasteiger partial charge in [0, 0.05) is 27.1 Å². The summed E-state index contributed by atoms with van der Waals surface area (Å²) in [6.45, 7) is 8.73. The molecule has 0 atom stereocenters. The Morgan fingerprint density at radius 2 is 1.87 bits per heavy atom. The van der Waals surface area contributed by atoms with Gasteiger partial charge in [-0.1, -0.05) is 34.1 Å². The third kappa shape index (κ3) is 5.19. The Hall–Kier alpha value is -2.86. The minimum Gasteiger partial charge on any atom is -0.494 e. The van der Waals surface area contributed by atoms with Crippen LogP contribution in [0.5, 0.6) is 5.75 Å². The Bertz CT molecular complexity index is 1070. The molecule has 0 unspecified atom stereocenters. The molecule has 30 heavy (non-hydrogen) atoms. The summed E-state index contributed by atoms with van der Waals surface area (Å²) in [5.74, 6) is 0.641. The monoisotopic (exact) mass is 467 g/mol. The number of ether oxygens (including phenoxy) is 1. The maximum absolute atomic E-state index is 12.2. The molecular formula is C24H26BrN3O2. The molecule has 0 saturated heterocycles. The molecule has 0 saturated carbocycles. The maximum Gasteiger partial charge on any atom is 0.244 e. The molecule has 1 amide bonds. The van der Waals surface area contributed by atoms with Crippen molar-refractivity contribution in [1.82, 2.24) is 9.99 Å². The maximum atomic E-state index is 12.2. The highest BCUT2D eigenvalue weighted by Gasteiger charge is 2.10. The van der Waals surface area contributed by atoms with Crippen molar-refractivity contribution < 1.29 is 9.53 Å². The number of nitrogens with one attached hydrogen (secondary N) is 1. The van der Waals surface area contributed by atoms with Crippen LogP contribution in [-0.4, -0.2) is 23.3 Å². The topological polar surface area (TPSA) is 55.6 Å². The molecule has 3 rings (SSSR count). The lowest BCUT2D eigenvalue weighted by molar-refractivity contribution is -0.120. The fourth-order valence-electron chi connectivity index (χ4n) is 3.31. The first-order chi connectivity index (χ1) is 14.4. The summed E-state index contributed by atoms with van der Waals surface area (Å²) in [7, 11) is 0. The van der Waals surface area contributed by atoms with Crippen molar-refractivity contribution in [3.8, 4) is 11.4 Å². The molecule has 1 N–H and O–H groups in total. The highest BCUT2D eigenvalue weighted by Crippen LogP contribution is 2.24. The number of rotatable bonds is 7. The standard InChI is InChI=1S/C24H26BrN3O2/c1-5-30-22-10-7-19(8-11-22)13-24(29)27-26-15-20-12-17(3)28(18(20)4)21-9-6-16(2)23(25)14-21/h6-12,14-15H,5,13H2,1-4H3,(H,27,29)/b26-15+. The summed E-state index contributed by atoms with van der Waals surface area (Å²) < 4.78 is 8.67. The molecule has 3 aromatic rings. The lowest BCUT2D eigenvalue weighted by Crippen LogP contribution is -2.19. The van der Waals surface area contributed by atoms with Crippen LogP contribution in [0.25, 0.3) is 5.69 Å². The number of hydrogen-bond acceptors (Lipinski definition) is 3. The zero-order valence-corrected chi connectivity index (χ0v) is 19.3. The number of carbonyl (C=O) groups excluding carboxylic acids is 1. The van der Waals surface area contributed by atoms with Gasteiger partial charge in [-0.25, -0.2) is 5.43 Å². The third-order valence-electron chi connectivity index (χ3n) is 4.88. The summed E-state index contributed by atoms with van der Waals surface area (Å²) in [4.78, 5) is 12.2. The van der Waals surface area contributed by atoms with Gasteiger partial charge in [0.1, 0.15) is 5.75 Å². The normalized spacial score (nSPS) is 11.1. The van der Waals surface area contributed by atoms with Crippen molar-refractivity contribution in [3.63, 3.8) is 0 Å². The van der Waals surface area contributed by atoms with Crippen LogP contribution in [0.1, 0.15) is 35.0 Å². The molecule has 0 radical (unpaired) electrons. The van der Waals surface area contributed by atoms with Crippen molar-refractivity contribution in [2.75, 3.05) is 6.61 Å². The van der Waals surface area contributed by atoms with Gasteiger partial charge in [0.15, 0.2) is 0 Å². The first-order valence-corrected chi connectivity index (χ1v) is 10.7. The molecule has 6 heteroatoms. The van der Waals surface area contributed by atoms with Gasteiger partial charge in [-0.15, -0.1) is 0 Å². The van der Waals surface area contributed by atoms with Gasteiger partial charge in [-0.3, -0.25) is 4.79 Å². The number of amides is 1. The van der Waals surface area contributed by atoms with Crippen LogP contribution >= 0.6 is 15.9 Å². The second-order valence-electron chi connectivity index (χ2n) is 7.14. The molecular weight excluding hydrogens is 442 g/mol. The van der Waals surface area contributed by atoms with Crippen LogP contribution in [-0.2, 0) is 11.2 Å². The molecule has 5 nitrogen and oxygen atoms in total.